The van der Waals surface area contributed by atoms with Crippen LogP contribution in [0.4, 0.5) is 0 Å². The number of hydrogen-bond donors (Lipinski definition) is 1. The summed E-state index contributed by atoms with van der Waals surface area (Å²) in [4.78, 5) is 42.1. The van der Waals surface area contributed by atoms with Crippen LogP contribution in [0.1, 0.15) is 9.75 Å². The maximum atomic E-state index is 13.1. The molecular weight excluding hydrogens is 406 g/mol. The van der Waals surface area contributed by atoms with Crippen molar-refractivity contribution >= 4 is 39.4 Å². The lowest BCUT2D eigenvalue weighted by atomic mass is 10.2. The van der Waals surface area contributed by atoms with Gasteiger partial charge < -0.3 is 4.90 Å². The molecule has 6 nitrogen and oxygen atoms in total. The SMILES string of the molecule is O=C(Cn1[nH]c(=O)c2ccccc2c1=O)N(CCc1cccs1)Cc1cccs1. The molecule has 29 heavy (non-hydrogen) atoms. The van der Waals surface area contributed by atoms with Gasteiger partial charge >= 0.3 is 0 Å². The van der Waals surface area contributed by atoms with Crippen LogP contribution in [0, 0.1) is 0 Å². The summed E-state index contributed by atoms with van der Waals surface area (Å²) in [5.74, 6) is -0.206. The van der Waals surface area contributed by atoms with Crippen molar-refractivity contribution in [3.05, 3.63) is 89.8 Å². The van der Waals surface area contributed by atoms with E-state index in [9.17, 15) is 14.4 Å². The van der Waals surface area contributed by atoms with Crippen molar-refractivity contribution in [2.24, 2.45) is 0 Å². The number of rotatable bonds is 7. The van der Waals surface area contributed by atoms with Gasteiger partial charge in [-0.15, -0.1) is 22.7 Å². The van der Waals surface area contributed by atoms with Gasteiger partial charge in [-0.25, -0.2) is 4.68 Å². The summed E-state index contributed by atoms with van der Waals surface area (Å²) in [5, 5.41) is 7.17. The number of amides is 1. The molecule has 0 fully saturated rings. The standard InChI is InChI=1S/C21H19N3O3S2/c25-19(14-24-21(27)18-8-2-1-7-17(18)20(26)22-24)23(13-16-6-4-12-29-16)10-9-15-5-3-11-28-15/h1-8,11-12H,9-10,13-14H2,(H,22,26). The highest BCUT2D eigenvalue weighted by molar-refractivity contribution is 7.10. The molecule has 0 saturated heterocycles. The van der Waals surface area contributed by atoms with Gasteiger partial charge in [-0.05, 0) is 41.4 Å². The third kappa shape index (κ3) is 4.38. The molecule has 1 N–H and O–H groups in total. The van der Waals surface area contributed by atoms with Crippen LogP contribution in [0.15, 0.2) is 68.9 Å². The number of nitrogens with one attached hydrogen (secondary N) is 1. The van der Waals surface area contributed by atoms with Crippen LogP contribution in [-0.4, -0.2) is 27.1 Å². The maximum Gasteiger partial charge on any atom is 0.273 e. The summed E-state index contributed by atoms with van der Waals surface area (Å²) in [5.41, 5.74) is -0.751. The number of thiophene rings is 2. The number of H-pyrrole nitrogens is 1. The molecule has 1 aromatic carbocycles. The summed E-state index contributed by atoms with van der Waals surface area (Å²) in [6.45, 7) is 0.826. The van der Waals surface area contributed by atoms with E-state index in [1.165, 1.54) is 4.88 Å². The number of benzene rings is 1. The minimum absolute atomic E-state index is 0.200. The van der Waals surface area contributed by atoms with Crippen molar-refractivity contribution in [3.63, 3.8) is 0 Å². The second kappa shape index (κ2) is 8.59. The molecule has 1 amide bonds. The Kier molecular flexibility index (Phi) is 5.73. The lowest BCUT2D eigenvalue weighted by molar-refractivity contribution is -0.132. The number of aromatic amines is 1. The predicted octanol–water partition coefficient (Wildman–Crippen LogP) is 3.08. The van der Waals surface area contributed by atoms with Crippen molar-refractivity contribution in [1.82, 2.24) is 14.7 Å². The van der Waals surface area contributed by atoms with Crippen LogP contribution in [-0.2, 0) is 24.3 Å². The first-order valence-corrected chi connectivity index (χ1v) is 10.9. The van der Waals surface area contributed by atoms with E-state index < -0.39 is 0 Å². The zero-order valence-corrected chi connectivity index (χ0v) is 17.2. The first-order valence-electron chi connectivity index (χ1n) is 9.16. The molecule has 0 aliphatic carbocycles. The highest BCUT2D eigenvalue weighted by Crippen LogP contribution is 2.15. The minimum atomic E-state index is -0.378. The fourth-order valence-electron chi connectivity index (χ4n) is 3.18. The van der Waals surface area contributed by atoms with Crippen LogP contribution in [0.5, 0.6) is 0 Å². The monoisotopic (exact) mass is 425 g/mol. The normalized spacial score (nSPS) is 11.0. The van der Waals surface area contributed by atoms with E-state index in [2.05, 4.69) is 5.10 Å². The largest absolute Gasteiger partial charge is 0.336 e. The molecule has 0 aliphatic heterocycles. The van der Waals surface area contributed by atoms with E-state index in [1.54, 1.807) is 51.8 Å². The first kappa shape index (κ1) is 19.4. The lowest BCUT2D eigenvalue weighted by Crippen LogP contribution is -2.39. The average Bonchev–Trinajstić information content (AvgIpc) is 3.43. The minimum Gasteiger partial charge on any atom is -0.336 e. The van der Waals surface area contributed by atoms with Crippen LogP contribution < -0.4 is 11.1 Å². The summed E-state index contributed by atoms with van der Waals surface area (Å²) in [7, 11) is 0. The molecule has 0 bridgehead atoms. The van der Waals surface area contributed by atoms with Gasteiger partial charge in [-0.1, -0.05) is 24.3 Å². The highest BCUT2D eigenvalue weighted by atomic mass is 32.1. The maximum absolute atomic E-state index is 13.1. The van der Waals surface area contributed by atoms with Crippen molar-refractivity contribution in [2.45, 2.75) is 19.5 Å². The Labute approximate surface area is 174 Å². The molecule has 0 spiro atoms. The number of carbonyl (C=O) groups excluding carboxylic acids is 1. The van der Waals surface area contributed by atoms with Crippen LogP contribution in [0.25, 0.3) is 10.8 Å². The Morgan fingerprint density at radius 3 is 2.31 bits per heavy atom. The van der Waals surface area contributed by atoms with Gasteiger partial charge in [0.2, 0.25) is 5.91 Å². The Morgan fingerprint density at radius 1 is 0.931 bits per heavy atom. The van der Waals surface area contributed by atoms with Crippen molar-refractivity contribution in [2.75, 3.05) is 6.54 Å². The average molecular weight is 426 g/mol. The topological polar surface area (TPSA) is 75.2 Å². The van der Waals surface area contributed by atoms with E-state index >= 15 is 0 Å². The van der Waals surface area contributed by atoms with Gasteiger partial charge in [0.25, 0.3) is 11.1 Å². The second-order valence-corrected chi connectivity index (χ2v) is 8.67. The zero-order chi connectivity index (χ0) is 20.2. The molecule has 4 aromatic rings. The number of fused-ring (bicyclic) bond motifs is 1. The molecule has 3 heterocycles. The molecule has 148 valence electrons. The second-order valence-electron chi connectivity index (χ2n) is 6.60. The Balaban J connectivity index is 1.58. The van der Waals surface area contributed by atoms with E-state index in [0.717, 1.165) is 16.0 Å². The van der Waals surface area contributed by atoms with E-state index in [1.807, 2.05) is 35.0 Å². The number of carbonyl (C=O) groups is 1. The Hall–Kier alpha value is -2.97. The highest BCUT2D eigenvalue weighted by Gasteiger charge is 2.17. The van der Waals surface area contributed by atoms with Gasteiger partial charge in [0.1, 0.15) is 6.54 Å². The van der Waals surface area contributed by atoms with Crippen molar-refractivity contribution < 1.29 is 4.79 Å². The van der Waals surface area contributed by atoms with Gasteiger partial charge in [0, 0.05) is 16.3 Å². The van der Waals surface area contributed by atoms with Crippen molar-refractivity contribution in [1.29, 1.82) is 0 Å². The smallest absolute Gasteiger partial charge is 0.273 e. The molecular formula is C21H19N3O3S2. The van der Waals surface area contributed by atoms with E-state index in [0.29, 0.717) is 23.9 Å². The molecule has 3 aromatic heterocycles. The molecule has 0 unspecified atom stereocenters. The first-order chi connectivity index (χ1) is 14.1. The van der Waals surface area contributed by atoms with Gasteiger partial charge in [-0.2, -0.15) is 0 Å². The zero-order valence-electron chi connectivity index (χ0n) is 15.5. The predicted molar refractivity (Wildman–Crippen MR) is 117 cm³/mol. The molecule has 0 atom stereocenters. The summed E-state index contributed by atoms with van der Waals surface area (Å²) in [6.07, 6.45) is 0.748. The van der Waals surface area contributed by atoms with E-state index in [-0.39, 0.29) is 23.6 Å². The molecule has 4 rings (SSSR count). The molecule has 0 radical (unpaired) electrons. The fraction of sp³-hybridized carbons (Fsp3) is 0.190. The Bertz CT molecular complexity index is 1220. The Morgan fingerprint density at radius 2 is 1.62 bits per heavy atom. The number of aromatic nitrogens is 2. The summed E-state index contributed by atoms with van der Waals surface area (Å²) in [6, 6.07) is 14.6. The lowest BCUT2D eigenvalue weighted by Gasteiger charge is -2.22. The summed E-state index contributed by atoms with van der Waals surface area (Å²) >= 11 is 3.24. The third-order valence-corrected chi connectivity index (χ3v) is 6.46. The molecule has 8 heteroatoms. The molecule has 0 saturated carbocycles. The third-order valence-electron chi connectivity index (χ3n) is 4.66. The van der Waals surface area contributed by atoms with Gasteiger partial charge in [0.05, 0.1) is 17.3 Å². The van der Waals surface area contributed by atoms with Gasteiger partial charge in [0.15, 0.2) is 0 Å². The van der Waals surface area contributed by atoms with Gasteiger partial charge in [-0.3, -0.25) is 19.5 Å². The molecule has 0 aliphatic rings. The van der Waals surface area contributed by atoms with Crippen LogP contribution >= 0.6 is 22.7 Å². The van der Waals surface area contributed by atoms with Crippen LogP contribution in [0.2, 0.25) is 0 Å². The van der Waals surface area contributed by atoms with E-state index in [4.69, 9.17) is 0 Å². The summed E-state index contributed by atoms with van der Waals surface area (Å²) < 4.78 is 1.11. The van der Waals surface area contributed by atoms with Crippen molar-refractivity contribution in [3.8, 4) is 0 Å². The number of hydrogen-bond acceptors (Lipinski definition) is 5. The number of nitrogens with zero attached hydrogens (tertiary/aromatic N) is 2. The quantitative estimate of drug-likeness (QED) is 0.494. The van der Waals surface area contributed by atoms with Crippen LogP contribution in [0.3, 0.4) is 0 Å². The fourth-order valence-corrected chi connectivity index (χ4v) is 4.59.